The number of pyridine rings is 1. The first-order valence-corrected chi connectivity index (χ1v) is 6.13. The molecule has 0 aliphatic rings. The van der Waals surface area contributed by atoms with Crippen LogP contribution >= 0.6 is 23.2 Å². The van der Waals surface area contributed by atoms with Gasteiger partial charge in [-0.3, -0.25) is 4.79 Å². The number of hydrogen-bond donors (Lipinski definition) is 1. The minimum Gasteiger partial charge on any atom is -0.318 e. The van der Waals surface area contributed by atoms with Crippen LogP contribution in [0.1, 0.15) is 16.1 Å². The third kappa shape index (κ3) is 3.03. The van der Waals surface area contributed by atoms with Crippen molar-refractivity contribution < 1.29 is 9.18 Å². The maximum atomic E-state index is 12.9. The Balaban J connectivity index is 2.32. The van der Waals surface area contributed by atoms with Gasteiger partial charge in [0.05, 0.1) is 15.7 Å². The zero-order chi connectivity index (χ0) is 14.0. The quantitative estimate of drug-likeness (QED) is 0.849. The summed E-state index contributed by atoms with van der Waals surface area (Å²) in [5.41, 5.74) is 1.02. The molecule has 3 nitrogen and oxygen atoms in total. The number of anilines is 1. The van der Waals surface area contributed by atoms with Crippen LogP contribution < -0.4 is 5.32 Å². The van der Waals surface area contributed by atoms with Gasteiger partial charge in [-0.15, -0.1) is 0 Å². The number of amides is 1. The molecular formula is C13H9Cl2FN2O. The number of carbonyl (C=O) groups excluding carboxylic acids is 1. The van der Waals surface area contributed by atoms with E-state index >= 15 is 0 Å². The second kappa shape index (κ2) is 5.55. The molecule has 0 aliphatic carbocycles. The van der Waals surface area contributed by atoms with Crippen LogP contribution in [0, 0.1) is 12.9 Å². The van der Waals surface area contributed by atoms with E-state index in [0.29, 0.717) is 15.7 Å². The molecule has 0 fully saturated rings. The number of nitrogens with one attached hydrogen (secondary N) is 1. The number of benzene rings is 1. The molecule has 1 aromatic heterocycles. The minimum absolute atomic E-state index is 0.0476. The summed E-state index contributed by atoms with van der Waals surface area (Å²) in [6, 6.07) is 7.31. The topological polar surface area (TPSA) is 42.0 Å². The van der Waals surface area contributed by atoms with Crippen molar-refractivity contribution in [3.63, 3.8) is 0 Å². The summed E-state index contributed by atoms with van der Waals surface area (Å²) in [6.45, 7) is 1.79. The molecule has 2 rings (SSSR count). The Morgan fingerprint density at radius 2 is 2.00 bits per heavy atom. The molecule has 1 aromatic carbocycles. The van der Waals surface area contributed by atoms with Gasteiger partial charge in [0.25, 0.3) is 5.91 Å². The number of aryl methyl sites for hydroxylation is 1. The third-order valence-corrected chi connectivity index (χ3v) is 3.27. The van der Waals surface area contributed by atoms with Crippen molar-refractivity contribution in [1.82, 2.24) is 4.98 Å². The van der Waals surface area contributed by atoms with Crippen LogP contribution in [0.3, 0.4) is 0 Å². The van der Waals surface area contributed by atoms with Crippen molar-refractivity contribution in [1.29, 1.82) is 0 Å². The van der Waals surface area contributed by atoms with E-state index in [1.54, 1.807) is 19.1 Å². The fourth-order valence-corrected chi connectivity index (χ4v) is 1.95. The van der Waals surface area contributed by atoms with Gasteiger partial charge in [-0.2, -0.15) is 4.39 Å². The maximum absolute atomic E-state index is 12.9. The van der Waals surface area contributed by atoms with Crippen molar-refractivity contribution in [3.8, 4) is 0 Å². The molecule has 0 saturated carbocycles. The second-order valence-electron chi connectivity index (χ2n) is 3.85. The molecule has 0 unspecified atom stereocenters. The van der Waals surface area contributed by atoms with Crippen molar-refractivity contribution in [2.45, 2.75) is 6.92 Å². The molecule has 1 heterocycles. The number of rotatable bonds is 2. The first-order valence-electron chi connectivity index (χ1n) is 5.37. The number of hydrogen-bond acceptors (Lipinski definition) is 2. The molecule has 0 bridgehead atoms. The molecule has 0 saturated heterocycles. The first kappa shape index (κ1) is 13.8. The second-order valence-corrected chi connectivity index (χ2v) is 4.64. The summed E-state index contributed by atoms with van der Waals surface area (Å²) in [5, 5.41) is 3.18. The normalized spacial score (nSPS) is 10.3. The van der Waals surface area contributed by atoms with E-state index in [-0.39, 0.29) is 5.69 Å². The summed E-state index contributed by atoms with van der Waals surface area (Å²) in [4.78, 5) is 15.4. The Kier molecular flexibility index (Phi) is 4.02. The summed E-state index contributed by atoms with van der Waals surface area (Å²) in [5.74, 6) is -1.30. The Bertz CT molecular complexity index is 647. The van der Waals surface area contributed by atoms with Crippen LogP contribution in [-0.2, 0) is 0 Å². The Hall–Kier alpha value is -1.65. The van der Waals surface area contributed by atoms with Crippen LogP contribution in [0.25, 0.3) is 0 Å². The lowest BCUT2D eigenvalue weighted by atomic mass is 10.2. The average molecular weight is 299 g/mol. The number of halogens is 3. The molecule has 1 amide bonds. The monoisotopic (exact) mass is 298 g/mol. The van der Waals surface area contributed by atoms with Gasteiger partial charge < -0.3 is 5.32 Å². The highest BCUT2D eigenvalue weighted by Gasteiger charge is 2.14. The van der Waals surface area contributed by atoms with Gasteiger partial charge in [0.2, 0.25) is 5.95 Å². The standard InChI is InChI=1S/C13H9Cl2FN2O/c1-7-5-6-8(14)12(11(7)15)18-13(19)9-3-2-4-10(16)17-9/h2-6H,1H3,(H,18,19). The highest BCUT2D eigenvalue weighted by atomic mass is 35.5. The lowest BCUT2D eigenvalue weighted by Gasteiger charge is -2.10. The maximum Gasteiger partial charge on any atom is 0.274 e. The predicted octanol–water partition coefficient (Wildman–Crippen LogP) is 4.09. The molecule has 6 heteroatoms. The Morgan fingerprint density at radius 3 is 2.68 bits per heavy atom. The van der Waals surface area contributed by atoms with E-state index < -0.39 is 11.9 Å². The zero-order valence-corrected chi connectivity index (χ0v) is 11.4. The lowest BCUT2D eigenvalue weighted by Crippen LogP contribution is -2.15. The van der Waals surface area contributed by atoms with Gasteiger partial charge in [0.1, 0.15) is 5.69 Å². The number of nitrogens with zero attached hydrogens (tertiary/aromatic N) is 1. The summed E-state index contributed by atoms with van der Waals surface area (Å²) >= 11 is 12.0. The van der Waals surface area contributed by atoms with E-state index in [4.69, 9.17) is 23.2 Å². The van der Waals surface area contributed by atoms with Gasteiger partial charge in [-0.1, -0.05) is 35.3 Å². The highest BCUT2D eigenvalue weighted by molar-refractivity contribution is 6.40. The van der Waals surface area contributed by atoms with Crippen LogP contribution in [0.4, 0.5) is 10.1 Å². The molecule has 1 N–H and O–H groups in total. The molecule has 0 radical (unpaired) electrons. The van der Waals surface area contributed by atoms with Crippen LogP contribution in [-0.4, -0.2) is 10.9 Å². The van der Waals surface area contributed by atoms with E-state index in [1.807, 2.05) is 0 Å². The van der Waals surface area contributed by atoms with Crippen molar-refractivity contribution >= 4 is 34.8 Å². The van der Waals surface area contributed by atoms with Crippen molar-refractivity contribution in [3.05, 3.63) is 57.6 Å². The minimum atomic E-state index is -0.728. The Labute approximate surface area is 119 Å². The van der Waals surface area contributed by atoms with E-state index in [2.05, 4.69) is 10.3 Å². The van der Waals surface area contributed by atoms with Gasteiger partial charge in [-0.25, -0.2) is 4.98 Å². The Morgan fingerprint density at radius 1 is 1.26 bits per heavy atom. The lowest BCUT2D eigenvalue weighted by molar-refractivity contribution is 0.102. The molecule has 19 heavy (non-hydrogen) atoms. The smallest absolute Gasteiger partial charge is 0.274 e. The van der Waals surface area contributed by atoms with Crippen LogP contribution in [0.5, 0.6) is 0 Å². The SMILES string of the molecule is Cc1ccc(Cl)c(NC(=O)c2cccc(F)n2)c1Cl. The number of aromatic nitrogens is 1. The zero-order valence-electron chi connectivity index (χ0n) is 9.88. The van der Waals surface area contributed by atoms with Crippen molar-refractivity contribution in [2.24, 2.45) is 0 Å². The fraction of sp³-hybridized carbons (Fsp3) is 0.0769. The van der Waals surface area contributed by atoms with Gasteiger partial charge >= 0.3 is 0 Å². The molecule has 0 aliphatic heterocycles. The fourth-order valence-electron chi connectivity index (χ4n) is 1.48. The largest absolute Gasteiger partial charge is 0.318 e. The van der Waals surface area contributed by atoms with Gasteiger partial charge in [0, 0.05) is 0 Å². The summed E-state index contributed by atoms with van der Waals surface area (Å²) in [6.07, 6.45) is 0. The van der Waals surface area contributed by atoms with Crippen LogP contribution in [0.15, 0.2) is 30.3 Å². The van der Waals surface area contributed by atoms with E-state index in [1.165, 1.54) is 12.1 Å². The molecule has 0 spiro atoms. The average Bonchev–Trinajstić information content (AvgIpc) is 2.39. The molecular weight excluding hydrogens is 290 g/mol. The summed E-state index contributed by atoms with van der Waals surface area (Å²) in [7, 11) is 0. The van der Waals surface area contributed by atoms with Gasteiger partial charge in [0.15, 0.2) is 0 Å². The highest BCUT2D eigenvalue weighted by Crippen LogP contribution is 2.33. The molecule has 0 atom stereocenters. The molecule has 2 aromatic rings. The first-order chi connectivity index (χ1) is 8.99. The summed E-state index contributed by atoms with van der Waals surface area (Å²) < 4.78 is 12.9. The predicted molar refractivity (Wildman–Crippen MR) is 73.3 cm³/mol. The third-order valence-electron chi connectivity index (χ3n) is 2.47. The van der Waals surface area contributed by atoms with Gasteiger partial charge in [-0.05, 0) is 30.7 Å². The van der Waals surface area contributed by atoms with Crippen molar-refractivity contribution in [2.75, 3.05) is 5.32 Å². The van der Waals surface area contributed by atoms with E-state index in [0.717, 1.165) is 11.6 Å². The number of carbonyl (C=O) groups is 1. The molecule has 98 valence electrons. The van der Waals surface area contributed by atoms with Crippen LogP contribution in [0.2, 0.25) is 10.0 Å². The van der Waals surface area contributed by atoms with E-state index in [9.17, 15) is 9.18 Å².